The Morgan fingerprint density at radius 3 is 2.87 bits per heavy atom. The highest BCUT2D eigenvalue weighted by Gasteiger charge is 2.14. The zero-order chi connectivity index (χ0) is 10.9. The van der Waals surface area contributed by atoms with Crippen LogP contribution in [0.15, 0.2) is 0 Å². The van der Waals surface area contributed by atoms with Gasteiger partial charge in [-0.2, -0.15) is 0 Å². The fourth-order valence-corrected chi connectivity index (χ4v) is 1.94. The number of unbranched alkanes of at least 4 members (excludes halogenated alkanes) is 2. The number of hydrogen-bond acceptors (Lipinski definition) is 2. The quantitative estimate of drug-likeness (QED) is 0.601. The summed E-state index contributed by atoms with van der Waals surface area (Å²) in [5.41, 5.74) is 0. The lowest BCUT2D eigenvalue weighted by Crippen LogP contribution is -2.24. The summed E-state index contributed by atoms with van der Waals surface area (Å²) in [5, 5.41) is 0. The first-order valence-corrected chi connectivity index (χ1v) is 6.56. The monoisotopic (exact) mass is 214 g/mol. The molecule has 0 aromatic rings. The van der Waals surface area contributed by atoms with Crippen molar-refractivity contribution < 1.29 is 9.47 Å². The third-order valence-corrected chi connectivity index (χ3v) is 3.01. The number of rotatable bonds is 7. The van der Waals surface area contributed by atoms with E-state index in [4.69, 9.17) is 9.47 Å². The van der Waals surface area contributed by atoms with Crippen molar-refractivity contribution in [2.75, 3.05) is 13.2 Å². The summed E-state index contributed by atoms with van der Waals surface area (Å²) in [6.07, 6.45) is 8.92. The summed E-state index contributed by atoms with van der Waals surface area (Å²) in [7, 11) is 0. The van der Waals surface area contributed by atoms with E-state index in [0.29, 0.717) is 5.92 Å². The molecule has 1 aliphatic rings. The molecule has 0 N–H and O–H groups in total. The topological polar surface area (TPSA) is 18.5 Å². The van der Waals surface area contributed by atoms with Gasteiger partial charge in [-0.15, -0.1) is 0 Å². The third kappa shape index (κ3) is 6.16. The highest BCUT2D eigenvalue weighted by atomic mass is 16.7. The molecular weight excluding hydrogens is 188 g/mol. The molecule has 1 saturated heterocycles. The standard InChI is InChI=1S/C13H26O2/c1-3-4-5-8-12(2)11-15-13-9-6-7-10-14-13/h12-13H,3-11H2,1-2H3. The summed E-state index contributed by atoms with van der Waals surface area (Å²) in [6, 6.07) is 0. The van der Waals surface area contributed by atoms with Crippen molar-refractivity contribution in [3.8, 4) is 0 Å². The minimum absolute atomic E-state index is 0.0902. The molecule has 0 saturated carbocycles. The Labute approximate surface area is 94.3 Å². The minimum atomic E-state index is 0.0902. The van der Waals surface area contributed by atoms with E-state index < -0.39 is 0 Å². The number of ether oxygens (including phenoxy) is 2. The van der Waals surface area contributed by atoms with Crippen molar-refractivity contribution >= 4 is 0 Å². The van der Waals surface area contributed by atoms with E-state index in [1.54, 1.807) is 0 Å². The molecule has 0 amide bonds. The molecule has 2 atom stereocenters. The molecule has 1 rings (SSSR count). The molecule has 0 radical (unpaired) electrons. The third-order valence-electron chi connectivity index (χ3n) is 3.01. The molecule has 0 spiro atoms. The van der Waals surface area contributed by atoms with E-state index in [9.17, 15) is 0 Å². The van der Waals surface area contributed by atoms with Crippen LogP contribution < -0.4 is 0 Å². The second-order valence-electron chi connectivity index (χ2n) is 4.73. The molecule has 0 aromatic carbocycles. The van der Waals surface area contributed by atoms with Crippen LogP contribution in [-0.4, -0.2) is 19.5 Å². The predicted octanol–water partition coefficient (Wildman–Crippen LogP) is 3.75. The van der Waals surface area contributed by atoms with Gasteiger partial charge in [0, 0.05) is 6.61 Å². The van der Waals surface area contributed by atoms with Crippen LogP contribution in [0, 0.1) is 5.92 Å². The molecule has 2 unspecified atom stereocenters. The average Bonchev–Trinajstić information content (AvgIpc) is 2.28. The first-order chi connectivity index (χ1) is 7.33. The Kier molecular flexibility index (Phi) is 7.03. The van der Waals surface area contributed by atoms with Gasteiger partial charge in [-0.05, 0) is 31.6 Å². The maximum atomic E-state index is 5.75. The van der Waals surface area contributed by atoms with Crippen LogP contribution >= 0.6 is 0 Å². The fourth-order valence-electron chi connectivity index (χ4n) is 1.94. The highest BCUT2D eigenvalue weighted by Crippen LogP contribution is 2.16. The van der Waals surface area contributed by atoms with Crippen LogP contribution in [0.5, 0.6) is 0 Å². The summed E-state index contributed by atoms with van der Waals surface area (Å²) in [4.78, 5) is 0. The van der Waals surface area contributed by atoms with Gasteiger partial charge >= 0.3 is 0 Å². The number of hydrogen-bond donors (Lipinski definition) is 0. The lowest BCUT2D eigenvalue weighted by molar-refractivity contribution is -0.168. The fraction of sp³-hybridized carbons (Fsp3) is 1.00. The van der Waals surface area contributed by atoms with Crippen molar-refractivity contribution in [1.29, 1.82) is 0 Å². The second-order valence-corrected chi connectivity index (χ2v) is 4.73. The molecule has 1 fully saturated rings. The van der Waals surface area contributed by atoms with E-state index in [1.807, 2.05) is 0 Å². The van der Waals surface area contributed by atoms with Gasteiger partial charge in [-0.3, -0.25) is 0 Å². The van der Waals surface area contributed by atoms with Gasteiger partial charge in [0.15, 0.2) is 6.29 Å². The van der Waals surface area contributed by atoms with E-state index in [-0.39, 0.29) is 6.29 Å². The van der Waals surface area contributed by atoms with Crippen LogP contribution in [-0.2, 0) is 9.47 Å². The van der Waals surface area contributed by atoms with E-state index >= 15 is 0 Å². The van der Waals surface area contributed by atoms with Gasteiger partial charge in [-0.25, -0.2) is 0 Å². The molecule has 0 aromatic heterocycles. The predicted molar refractivity (Wildman–Crippen MR) is 62.8 cm³/mol. The maximum Gasteiger partial charge on any atom is 0.157 e. The largest absolute Gasteiger partial charge is 0.353 e. The second kappa shape index (κ2) is 8.12. The molecule has 2 nitrogen and oxygen atoms in total. The van der Waals surface area contributed by atoms with Crippen LogP contribution in [0.2, 0.25) is 0 Å². The van der Waals surface area contributed by atoms with Crippen molar-refractivity contribution in [3.63, 3.8) is 0 Å². The lowest BCUT2D eigenvalue weighted by Gasteiger charge is -2.24. The molecule has 1 aliphatic heterocycles. The van der Waals surface area contributed by atoms with Crippen molar-refractivity contribution in [2.45, 2.75) is 65.1 Å². The molecule has 2 heteroatoms. The van der Waals surface area contributed by atoms with Gasteiger partial charge in [0.25, 0.3) is 0 Å². The van der Waals surface area contributed by atoms with E-state index in [0.717, 1.165) is 19.6 Å². The van der Waals surface area contributed by atoms with Crippen LogP contribution in [0.25, 0.3) is 0 Å². The van der Waals surface area contributed by atoms with Crippen LogP contribution in [0.4, 0.5) is 0 Å². The highest BCUT2D eigenvalue weighted by molar-refractivity contribution is 4.57. The maximum absolute atomic E-state index is 5.75. The Hall–Kier alpha value is -0.0800. The van der Waals surface area contributed by atoms with Gasteiger partial charge < -0.3 is 9.47 Å². The van der Waals surface area contributed by atoms with E-state index in [1.165, 1.54) is 38.5 Å². The zero-order valence-corrected chi connectivity index (χ0v) is 10.3. The molecule has 15 heavy (non-hydrogen) atoms. The molecule has 0 aliphatic carbocycles. The average molecular weight is 214 g/mol. The summed E-state index contributed by atoms with van der Waals surface area (Å²) < 4.78 is 11.3. The molecule has 1 heterocycles. The Morgan fingerprint density at radius 1 is 1.33 bits per heavy atom. The normalized spacial score (nSPS) is 24.0. The van der Waals surface area contributed by atoms with Crippen LogP contribution in [0.1, 0.15) is 58.8 Å². The summed E-state index contributed by atoms with van der Waals surface area (Å²) >= 11 is 0. The van der Waals surface area contributed by atoms with Crippen LogP contribution in [0.3, 0.4) is 0 Å². The van der Waals surface area contributed by atoms with Gasteiger partial charge in [0.05, 0.1) is 6.61 Å². The Balaban J connectivity index is 1.97. The van der Waals surface area contributed by atoms with Gasteiger partial charge in [0.2, 0.25) is 0 Å². The minimum Gasteiger partial charge on any atom is -0.353 e. The first kappa shape index (κ1) is 13.0. The lowest BCUT2D eigenvalue weighted by atomic mass is 10.0. The molecule has 90 valence electrons. The van der Waals surface area contributed by atoms with E-state index in [2.05, 4.69) is 13.8 Å². The Morgan fingerprint density at radius 2 is 2.20 bits per heavy atom. The summed E-state index contributed by atoms with van der Waals surface area (Å²) in [6.45, 7) is 6.28. The molecule has 0 bridgehead atoms. The Bertz CT molecular complexity index is 141. The first-order valence-electron chi connectivity index (χ1n) is 6.56. The van der Waals surface area contributed by atoms with Crippen molar-refractivity contribution in [2.24, 2.45) is 5.92 Å². The van der Waals surface area contributed by atoms with Gasteiger partial charge in [-0.1, -0.05) is 33.1 Å². The zero-order valence-electron chi connectivity index (χ0n) is 10.3. The van der Waals surface area contributed by atoms with Gasteiger partial charge in [0.1, 0.15) is 0 Å². The SMILES string of the molecule is CCCCCC(C)COC1CCCCO1. The van der Waals surface area contributed by atoms with Crippen molar-refractivity contribution in [1.82, 2.24) is 0 Å². The smallest absolute Gasteiger partial charge is 0.157 e. The summed E-state index contributed by atoms with van der Waals surface area (Å²) in [5.74, 6) is 0.682. The van der Waals surface area contributed by atoms with Crippen molar-refractivity contribution in [3.05, 3.63) is 0 Å². The molecular formula is C13H26O2.